The van der Waals surface area contributed by atoms with Crippen molar-refractivity contribution in [2.45, 2.75) is 27.2 Å². The molecule has 0 saturated heterocycles. The van der Waals surface area contributed by atoms with Gasteiger partial charge in [0.25, 0.3) is 0 Å². The fraction of sp³-hybridized carbons (Fsp3) is 0.556. The first-order valence-electron chi connectivity index (χ1n) is 4.12. The zero-order valence-electron chi connectivity index (χ0n) is 8.02. The topological polar surface area (TPSA) is 28.7 Å². The summed E-state index contributed by atoms with van der Waals surface area (Å²) in [5.74, 6) is -0.396. The molecule has 1 rings (SSSR count). The number of hydrogen-bond donors (Lipinski definition) is 1. The van der Waals surface area contributed by atoms with Gasteiger partial charge in [-0.3, -0.25) is 0 Å². The molecule has 0 radical (unpaired) electrons. The van der Waals surface area contributed by atoms with Gasteiger partial charge in [-0.15, -0.1) is 0 Å². The number of nitrogens with one attached hydrogen (secondary N) is 1. The van der Waals surface area contributed by atoms with E-state index in [9.17, 15) is 4.39 Å². The van der Waals surface area contributed by atoms with E-state index in [4.69, 9.17) is 12.2 Å². The van der Waals surface area contributed by atoms with Crippen molar-refractivity contribution in [2.24, 2.45) is 5.41 Å². The van der Waals surface area contributed by atoms with Crippen LogP contribution in [0.25, 0.3) is 0 Å². The quantitative estimate of drug-likeness (QED) is 0.706. The fourth-order valence-electron chi connectivity index (χ4n) is 1.08. The second-order valence-corrected chi connectivity index (χ2v) is 4.62. The van der Waals surface area contributed by atoms with Crippen molar-refractivity contribution in [1.82, 2.24) is 9.97 Å². The number of halogens is 1. The van der Waals surface area contributed by atoms with E-state index in [-0.39, 0.29) is 10.1 Å². The van der Waals surface area contributed by atoms with Crippen molar-refractivity contribution < 1.29 is 4.39 Å². The largest absolute Gasteiger partial charge is 0.347 e. The molecule has 0 bridgehead atoms. The third-order valence-electron chi connectivity index (χ3n) is 1.58. The highest BCUT2D eigenvalue weighted by atomic mass is 32.1. The number of hydrogen-bond acceptors (Lipinski definition) is 2. The lowest BCUT2D eigenvalue weighted by atomic mass is 9.90. The lowest BCUT2D eigenvalue weighted by Crippen LogP contribution is -2.12. The summed E-state index contributed by atoms with van der Waals surface area (Å²) in [6.45, 7) is 6.14. The molecule has 0 aromatic carbocycles. The molecule has 72 valence electrons. The van der Waals surface area contributed by atoms with Crippen LogP contribution in [0.4, 0.5) is 4.39 Å². The summed E-state index contributed by atoms with van der Waals surface area (Å²) < 4.78 is 13.4. The molecule has 0 aliphatic rings. The number of rotatable bonds is 1. The third-order valence-corrected chi connectivity index (χ3v) is 1.87. The molecular formula is C9H13FN2S. The van der Waals surface area contributed by atoms with E-state index in [2.05, 4.69) is 9.97 Å². The molecule has 0 unspecified atom stereocenters. The number of aromatic nitrogens is 2. The fourth-order valence-corrected chi connectivity index (χ4v) is 1.25. The molecule has 2 nitrogen and oxygen atoms in total. The van der Waals surface area contributed by atoms with Crippen LogP contribution >= 0.6 is 12.2 Å². The van der Waals surface area contributed by atoms with Crippen molar-refractivity contribution in [2.75, 3.05) is 0 Å². The maximum atomic E-state index is 13.3. The SMILES string of the molecule is CC(C)(C)Cc1[nH]cnc(=S)c1F. The maximum Gasteiger partial charge on any atom is 0.179 e. The van der Waals surface area contributed by atoms with Gasteiger partial charge < -0.3 is 4.98 Å². The highest BCUT2D eigenvalue weighted by Crippen LogP contribution is 2.20. The second-order valence-electron chi connectivity index (χ2n) is 4.24. The maximum absolute atomic E-state index is 13.3. The van der Waals surface area contributed by atoms with Crippen LogP contribution in [0.1, 0.15) is 26.5 Å². The minimum Gasteiger partial charge on any atom is -0.347 e. The molecule has 1 N–H and O–H groups in total. The van der Waals surface area contributed by atoms with Crippen molar-refractivity contribution in [3.8, 4) is 0 Å². The normalized spacial score (nSPS) is 11.7. The standard InChI is InChI=1S/C9H13FN2S/c1-9(2,3)4-6-7(10)8(13)12-5-11-6/h5H,4H2,1-3H3,(H,11,12,13). The zero-order chi connectivity index (χ0) is 10.1. The van der Waals surface area contributed by atoms with Gasteiger partial charge in [-0.1, -0.05) is 33.0 Å². The van der Waals surface area contributed by atoms with Gasteiger partial charge in [-0.05, 0) is 11.8 Å². The van der Waals surface area contributed by atoms with Crippen LogP contribution in [-0.2, 0) is 6.42 Å². The van der Waals surface area contributed by atoms with Crippen LogP contribution in [0.15, 0.2) is 6.33 Å². The van der Waals surface area contributed by atoms with Crippen LogP contribution in [0, 0.1) is 15.9 Å². The van der Waals surface area contributed by atoms with Crippen LogP contribution in [0.3, 0.4) is 0 Å². The van der Waals surface area contributed by atoms with Gasteiger partial charge >= 0.3 is 0 Å². The Morgan fingerprint density at radius 1 is 1.54 bits per heavy atom. The molecule has 0 aliphatic heterocycles. The molecule has 1 aromatic heterocycles. The molecule has 0 spiro atoms. The monoisotopic (exact) mass is 200 g/mol. The van der Waals surface area contributed by atoms with Crippen LogP contribution < -0.4 is 0 Å². The summed E-state index contributed by atoms with van der Waals surface area (Å²) >= 11 is 4.72. The Labute approximate surface area is 82.2 Å². The van der Waals surface area contributed by atoms with Gasteiger partial charge in [-0.25, -0.2) is 9.37 Å². The molecular weight excluding hydrogens is 187 g/mol. The van der Waals surface area contributed by atoms with E-state index in [1.54, 1.807) is 0 Å². The lowest BCUT2D eigenvalue weighted by molar-refractivity contribution is 0.394. The minimum absolute atomic E-state index is 0.0398. The van der Waals surface area contributed by atoms with Gasteiger partial charge in [0.05, 0.1) is 12.0 Å². The van der Waals surface area contributed by atoms with E-state index in [1.807, 2.05) is 20.8 Å². The van der Waals surface area contributed by atoms with Gasteiger partial charge in [-0.2, -0.15) is 0 Å². The molecule has 0 atom stereocenters. The Morgan fingerprint density at radius 3 is 2.69 bits per heavy atom. The summed E-state index contributed by atoms with van der Waals surface area (Å²) in [5.41, 5.74) is 0.577. The summed E-state index contributed by atoms with van der Waals surface area (Å²) in [7, 11) is 0. The van der Waals surface area contributed by atoms with E-state index in [1.165, 1.54) is 6.33 Å². The number of aromatic amines is 1. The lowest BCUT2D eigenvalue weighted by Gasteiger charge is -2.17. The Morgan fingerprint density at radius 2 is 2.15 bits per heavy atom. The summed E-state index contributed by atoms with van der Waals surface area (Å²) in [6, 6.07) is 0. The molecule has 0 amide bonds. The van der Waals surface area contributed by atoms with Crippen molar-refractivity contribution in [3.05, 3.63) is 22.5 Å². The van der Waals surface area contributed by atoms with E-state index < -0.39 is 5.82 Å². The van der Waals surface area contributed by atoms with Gasteiger partial charge in [0, 0.05) is 0 Å². The van der Waals surface area contributed by atoms with E-state index >= 15 is 0 Å². The van der Waals surface area contributed by atoms with Crippen LogP contribution in [0.5, 0.6) is 0 Å². The summed E-state index contributed by atoms with van der Waals surface area (Å²) in [6.07, 6.45) is 2.07. The van der Waals surface area contributed by atoms with E-state index in [0.29, 0.717) is 12.1 Å². The molecule has 0 aliphatic carbocycles. The minimum atomic E-state index is -0.396. The first kappa shape index (κ1) is 10.3. The first-order valence-corrected chi connectivity index (χ1v) is 4.53. The Hall–Kier alpha value is -0.770. The highest BCUT2D eigenvalue weighted by Gasteiger charge is 2.15. The Kier molecular flexibility index (Phi) is 2.81. The predicted octanol–water partition coefficient (Wildman–Crippen LogP) is 2.87. The van der Waals surface area contributed by atoms with Crippen LogP contribution in [-0.4, -0.2) is 9.97 Å². The van der Waals surface area contributed by atoms with Gasteiger partial charge in [0.1, 0.15) is 0 Å². The molecule has 0 saturated carbocycles. The van der Waals surface area contributed by atoms with Crippen molar-refractivity contribution in [3.63, 3.8) is 0 Å². The Bertz CT molecular complexity index is 351. The van der Waals surface area contributed by atoms with Crippen molar-refractivity contribution >= 4 is 12.2 Å². The third kappa shape index (κ3) is 2.88. The van der Waals surface area contributed by atoms with Gasteiger partial charge in [0.2, 0.25) is 0 Å². The summed E-state index contributed by atoms with van der Waals surface area (Å²) in [5, 5.41) is 0. The Balaban J connectivity index is 3.03. The average Bonchev–Trinajstić information content (AvgIpc) is 1.96. The highest BCUT2D eigenvalue weighted by molar-refractivity contribution is 7.71. The molecule has 0 fully saturated rings. The first-order chi connectivity index (χ1) is 5.90. The predicted molar refractivity (Wildman–Crippen MR) is 52.5 cm³/mol. The number of nitrogens with zero attached hydrogens (tertiary/aromatic N) is 1. The molecule has 1 heterocycles. The van der Waals surface area contributed by atoms with Crippen molar-refractivity contribution in [1.29, 1.82) is 0 Å². The molecule has 13 heavy (non-hydrogen) atoms. The van der Waals surface area contributed by atoms with Gasteiger partial charge in [0.15, 0.2) is 10.5 Å². The second kappa shape index (κ2) is 3.54. The zero-order valence-corrected chi connectivity index (χ0v) is 8.83. The van der Waals surface area contributed by atoms with E-state index in [0.717, 1.165) is 0 Å². The molecule has 1 aromatic rings. The smallest absolute Gasteiger partial charge is 0.179 e. The number of H-pyrrole nitrogens is 1. The summed E-state index contributed by atoms with van der Waals surface area (Å²) in [4.78, 5) is 6.43. The van der Waals surface area contributed by atoms with Crippen LogP contribution in [0.2, 0.25) is 0 Å². The average molecular weight is 200 g/mol. The molecule has 4 heteroatoms.